The number of amides is 1. The standard InChI is InChI=1S/C20H21N5O2S/c1-14-5-7-16(8-6-14)25(11-4-10-21)18(26)13-28-20-23-22-19(24(20)3)17-9-12-27-15(17)2/h5-9,12H,4,11,13H2,1-3H3. The van der Waals surface area contributed by atoms with E-state index in [4.69, 9.17) is 9.68 Å². The summed E-state index contributed by atoms with van der Waals surface area (Å²) < 4.78 is 7.18. The van der Waals surface area contributed by atoms with Crippen LogP contribution in [0.25, 0.3) is 11.4 Å². The summed E-state index contributed by atoms with van der Waals surface area (Å²) in [5, 5.41) is 18.0. The zero-order valence-electron chi connectivity index (χ0n) is 16.0. The van der Waals surface area contributed by atoms with Crippen LogP contribution in [-0.2, 0) is 11.8 Å². The average molecular weight is 395 g/mol. The molecular weight excluding hydrogens is 374 g/mol. The maximum absolute atomic E-state index is 12.8. The lowest BCUT2D eigenvalue weighted by Gasteiger charge is -2.21. The fraction of sp³-hybridized carbons (Fsp3) is 0.300. The van der Waals surface area contributed by atoms with Crippen molar-refractivity contribution >= 4 is 23.4 Å². The van der Waals surface area contributed by atoms with Gasteiger partial charge < -0.3 is 13.9 Å². The van der Waals surface area contributed by atoms with Gasteiger partial charge in [-0.25, -0.2) is 0 Å². The normalized spacial score (nSPS) is 10.6. The Kier molecular flexibility index (Phi) is 6.16. The van der Waals surface area contributed by atoms with Gasteiger partial charge in [0.15, 0.2) is 11.0 Å². The third kappa shape index (κ3) is 4.26. The third-order valence-electron chi connectivity index (χ3n) is 4.35. The summed E-state index contributed by atoms with van der Waals surface area (Å²) in [6.45, 7) is 4.22. The number of hydrogen-bond donors (Lipinski definition) is 0. The monoisotopic (exact) mass is 395 g/mol. The van der Waals surface area contributed by atoms with Gasteiger partial charge in [-0.3, -0.25) is 4.79 Å². The summed E-state index contributed by atoms with van der Waals surface area (Å²) in [4.78, 5) is 14.5. The quantitative estimate of drug-likeness (QED) is 0.567. The predicted molar refractivity (Wildman–Crippen MR) is 108 cm³/mol. The van der Waals surface area contributed by atoms with E-state index in [1.54, 1.807) is 11.2 Å². The Balaban J connectivity index is 1.72. The minimum absolute atomic E-state index is 0.0758. The number of carbonyl (C=O) groups excluding carboxylic acids is 1. The molecular formula is C20H21N5O2S. The summed E-state index contributed by atoms with van der Waals surface area (Å²) in [5.41, 5.74) is 2.79. The van der Waals surface area contributed by atoms with Gasteiger partial charge in [-0.15, -0.1) is 10.2 Å². The molecule has 28 heavy (non-hydrogen) atoms. The van der Waals surface area contributed by atoms with Gasteiger partial charge >= 0.3 is 0 Å². The van der Waals surface area contributed by atoms with Crippen molar-refractivity contribution in [2.75, 3.05) is 17.2 Å². The first kappa shape index (κ1) is 19.7. The number of carbonyl (C=O) groups is 1. The second kappa shape index (κ2) is 8.76. The molecule has 1 amide bonds. The maximum Gasteiger partial charge on any atom is 0.237 e. The molecule has 0 fully saturated rings. The molecule has 3 rings (SSSR count). The predicted octanol–water partition coefficient (Wildman–Crippen LogP) is 3.73. The number of nitriles is 1. The lowest BCUT2D eigenvalue weighted by Crippen LogP contribution is -2.33. The molecule has 0 unspecified atom stereocenters. The molecule has 0 atom stereocenters. The summed E-state index contributed by atoms with van der Waals surface area (Å²) >= 11 is 1.32. The molecule has 7 nitrogen and oxygen atoms in total. The van der Waals surface area contributed by atoms with E-state index in [-0.39, 0.29) is 18.1 Å². The van der Waals surface area contributed by atoms with Crippen molar-refractivity contribution in [1.82, 2.24) is 14.8 Å². The molecule has 0 spiro atoms. The molecule has 2 aromatic heterocycles. The van der Waals surface area contributed by atoms with Crippen LogP contribution in [0.5, 0.6) is 0 Å². The van der Waals surface area contributed by atoms with Gasteiger partial charge in [0.1, 0.15) is 5.76 Å². The van der Waals surface area contributed by atoms with E-state index in [1.165, 1.54) is 11.8 Å². The van der Waals surface area contributed by atoms with Gasteiger partial charge in [0.05, 0.1) is 30.1 Å². The minimum atomic E-state index is -0.0758. The van der Waals surface area contributed by atoms with Crippen molar-refractivity contribution in [3.05, 3.63) is 47.9 Å². The minimum Gasteiger partial charge on any atom is -0.469 e. The highest BCUT2D eigenvalue weighted by molar-refractivity contribution is 7.99. The van der Waals surface area contributed by atoms with Crippen molar-refractivity contribution < 1.29 is 9.21 Å². The van der Waals surface area contributed by atoms with Gasteiger partial charge in [0.2, 0.25) is 5.91 Å². The Morgan fingerprint density at radius 3 is 2.64 bits per heavy atom. The van der Waals surface area contributed by atoms with E-state index < -0.39 is 0 Å². The second-order valence-corrected chi connectivity index (χ2v) is 7.28. The highest BCUT2D eigenvalue weighted by Crippen LogP contribution is 2.26. The second-order valence-electron chi connectivity index (χ2n) is 6.33. The van der Waals surface area contributed by atoms with Crippen molar-refractivity contribution in [3.63, 3.8) is 0 Å². The molecule has 0 saturated heterocycles. The number of rotatable bonds is 7. The molecule has 0 saturated carbocycles. The van der Waals surface area contributed by atoms with Gasteiger partial charge in [-0.2, -0.15) is 5.26 Å². The highest BCUT2D eigenvalue weighted by Gasteiger charge is 2.19. The van der Waals surface area contributed by atoms with E-state index in [0.29, 0.717) is 17.5 Å². The van der Waals surface area contributed by atoms with Crippen LogP contribution in [-0.4, -0.2) is 33.0 Å². The number of thioether (sulfide) groups is 1. The molecule has 0 bridgehead atoms. The maximum atomic E-state index is 12.8. The Bertz CT molecular complexity index is 1000. The topological polar surface area (TPSA) is 87.9 Å². The molecule has 3 aromatic rings. The van der Waals surface area contributed by atoms with Crippen LogP contribution in [0.3, 0.4) is 0 Å². The number of aryl methyl sites for hydroxylation is 2. The Morgan fingerprint density at radius 1 is 1.25 bits per heavy atom. The van der Waals surface area contributed by atoms with E-state index in [9.17, 15) is 4.79 Å². The SMILES string of the molecule is Cc1ccc(N(CCC#N)C(=O)CSc2nnc(-c3ccoc3C)n2C)cc1. The summed E-state index contributed by atoms with van der Waals surface area (Å²) in [6.07, 6.45) is 1.89. The van der Waals surface area contributed by atoms with E-state index >= 15 is 0 Å². The van der Waals surface area contributed by atoms with Crippen LogP contribution < -0.4 is 4.90 Å². The molecule has 2 heterocycles. The van der Waals surface area contributed by atoms with Gasteiger partial charge in [0, 0.05) is 19.3 Å². The molecule has 0 aliphatic carbocycles. The zero-order chi connectivity index (χ0) is 20.1. The number of hydrogen-bond acceptors (Lipinski definition) is 6. The molecule has 144 valence electrons. The molecule has 8 heteroatoms. The van der Waals surface area contributed by atoms with Crippen LogP contribution in [0.4, 0.5) is 5.69 Å². The van der Waals surface area contributed by atoms with Crippen molar-refractivity contribution in [2.24, 2.45) is 7.05 Å². The lowest BCUT2D eigenvalue weighted by molar-refractivity contribution is -0.116. The van der Waals surface area contributed by atoms with E-state index in [2.05, 4.69) is 16.3 Å². The lowest BCUT2D eigenvalue weighted by atomic mass is 10.2. The summed E-state index contributed by atoms with van der Waals surface area (Å²) in [6, 6.07) is 11.7. The number of anilines is 1. The summed E-state index contributed by atoms with van der Waals surface area (Å²) in [5.74, 6) is 1.59. The third-order valence-corrected chi connectivity index (χ3v) is 5.36. The van der Waals surface area contributed by atoms with Crippen LogP contribution in [0, 0.1) is 25.2 Å². The molecule has 0 N–H and O–H groups in total. The fourth-order valence-corrected chi connectivity index (χ4v) is 3.57. The van der Waals surface area contributed by atoms with Crippen molar-refractivity contribution in [1.29, 1.82) is 5.26 Å². The van der Waals surface area contributed by atoms with Gasteiger partial charge in [-0.05, 0) is 32.0 Å². The van der Waals surface area contributed by atoms with E-state index in [0.717, 1.165) is 22.6 Å². The first-order chi connectivity index (χ1) is 13.5. The number of benzene rings is 1. The van der Waals surface area contributed by atoms with Crippen LogP contribution >= 0.6 is 11.8 Å². The zero-order valence-corrected chi connectivity index (χ0v) is 16.9. The first-order valence-electron chi connectivity index (χ1n) is 8.82. The molecule has 0 aliphatic rings. The van der Waals surface area contributed by atoms with Crippen LogP contribution in [0.15, 0.2) is 46.2 Å². The largest absolute Gasteiger partial charge is 0.469 e. The summed E-state index contributed by atoms with van der Waals surface area (Å²) in [7, 11) is 1.86. The molecule has 1 aromatic carbocycles. The van der Waals surface area contributed by atoms with Gasteiger partial charge in [0.25, 0.3) is 0 Å². The number of nitrogens with zero attached hydrogens (tertiary/aromatic N) is 5. The first-order valence-corrected chi connectivity index (χ1v) is 9.80. The van der Waals surface area contributed by atoms with Crippen LogP contribution in [0.2, 0.25) is 0 Å². The van der Waals surface area contributed by atoms with E-state index in [1.807, 2.05) is 55.8 Å². The molecule has 0 aliphatic heterocycles. The Morgan fingerprint density at radius 2 is 2.00 bits per heavy atom. The Labute approximate surface area is 168 Å². The van der Waals surface area contributed by atoms with Gasteiger partial charge in [-0.1, -0.05) is 29.5 Å². The fourth-order valence-electron chi connectivity index (χ4n) is 2.78. The smallest absolute Gasteiger partial charge is 0.237 e. The highest BCUT2D eigenvalue weighted by atomic mass is 32.2. The van der Waals surface area contributed by atoms with Crippen LogP contribution in [0.1, 0.15) is 17.7 Å². The number of aromatic nitrogens is 3. The molecule has 0 radical (unpaired) electrons. The average Bonchev–Trinajstić information content (AvgIpc) is 3.26. The van der Waals surface area contributed by atoms with Crippen molar-refractivity contribution in [3.8, 4) is 17.5 Å². The van der Waals surface area contributed by atoms with Crippen molar-refractivity contribution in [2.45, 2.75) is 25.4 Å². The Hall–Kier alpha value is -3.05. The number of furan rings is 1.